The van der Waals surface area contributed by atoms with Crippen molar-refractivity contribution in [2.75, 3.05) is 0 Å². The third-order valence-corrected chi connectivity index (χ3v) is 1.81. The summed E-state index contributed by atoms with van der Waals surface area (Å²) in [6.45, 7) is 8.15. The monoisotopic (exact) mass is 360 g/mol. The molecule has 0 unspecified atom stereocenters. The van der Waals surface area contributed by atoms with Gasteiger partial charge in [-0.3, -0.25) is 4.79 Å². The van der Waals surface area contributed by atoms with Crippen LogP contribution in [0.2, 0.25) is 0 Å². The van der Waals surface area contributed by atoms with Crippen LogP contribution in [0.25, 0.3) is 0 Å². The molecule has 0 aromatic heterocycles. The van der Waals surface area contributed by atoms with Gasteiger partial charge in [0.1, 0.15) is 0 Å². The van der Waals surface area contributed by atoms with Gasteiger partial charge in [-0.1, -0.05) is 50.9 Å². The first kappa shape index (κ1) is 26.7. The summed E-state index contributed by atoms with van der Waals surface area (Å²) in [5.74, 6) is 0. The Morgan fingerprint density at radius 3 is 1.81 bits per heavy atom. The predicted octanol–water partition coefficient (Wildman–Crippen LogP) is 0.918. The molecule has 8 heteroatoms. The Morgan fingerprint density at radius 1 is 1.31 bits per heavy atom. The number of hydrogen-bond donors (Lipinski definition) is 2. The van der Waals surface area contributed by atoms with E-state index in [0.717, 1.165) is 0 Å². The summed E-state index contributed by atoms with van der Waals surface area (Å²) in [5, 5.41) is 0.520. The summed E-state index contributed by atoms with van der Waals surface area (Å²) in [6.07, 6.45) is 0.207. The van der Waals surface area contributed by atoms with Crippen LogP contribution in [0.15, 0.2) is 0 Å². The molecule has 0 aromatic rings. The standard InChI is InChI=1S/C7H14OS2.CH2OS2.Na.Zn.H/c1-5(2)8-7(9)10-6(3)4;2-1(3)4;;;/h5-6H,1-4H3;(H2,2,3,4);;;/q;;+1;;-1. The number of thioether (sulfide) groups is 1. The Kier molecular flexibility index (Phi) is 28.8. The summed E-state index contributed by atoms with van der Waals surface area (Å²) < 4.78 is 5.47. The Bertz CT molecular complexity index is 180. The van der Waals surface area contributed by atoms with Crippen molar-refractivity contribution in [3.05, 3.63) is 0 Å². The minimum Gasteiger partial charge on any atom is -1.00 e. The zero-order chi connectivity index (χ0) is 11.7. The van der Waals surface area contributed by atoms with Gasteiger partial charge in [0.15, 0.2) is 0 Å². The van der Waals surface area contributed by atoms with Gasteiger partial charge in [0.25, 0.3) is 0 Å². The van der Waals surface area contributed by atoms with Crippen LogP contribution in [0.5, 0.6) is 0 Å². The first-order valence-electron chi connectivity index (χ1n) is 4.04. The number of ether oxygens (including phenoxy) is 1. The summed E-state index contributed by atoms with van der Waals surface area (Å²) in [4.78, 5) is 9.17. The van der Waals surface area contributed by atoms with Crippen LogP contribution >= 0.6 is 49.2 Å². The van der Waals surface area contributed by atoms with Crippen LogP contribution in [-0.2, 0) is 24.2 Å². The maximum Gasteiger partial charge on any atom is 1.00 e. The molecule has 0 rings (SSSR count). The Labute approximate surface area is 155 Å². The molecule has 0 radical (unpaired) electrons. The fourth-order valence-corrected chi connectivity index (χ4v) is 1.82. The van der Waals surface area contributed by atoms with E-state index in [0.29, 0.717) is 9.63 Å². The van der Waals surface area contributed by atoms with E-state index in [-0.39, 0.29) is 56.6 Å². The van der Waals surface area contributed by atoms with Crippen LogP contribution < -0.4 is 29.6 Å². The van der Waals surface area contributed by atoms with Crippen molar-refractivity contribution in [2.24, 2.45) is 0 Å². The Morgan fingerprint density at radius 2 is 1.62 bits per heavy atom. The minimum atomic E-state index is -0.444. The molecule has 0 bridgehead atoms. The fourth-order valence-electron chi connectivity index (χ4n) is 0.413. The van der Waals surface area contributed by atoms with Gasteiger partial charge in [0, 0.05) is 24.7 Å². The summed E-state index contributed by atoms with van der Waals surface area (Å²) in [7, 11) is 0. The molecule has 0 aromatic carbocycles. The topological polar surface area (TPSA) is 26.3 Å². The van der Waals surface area contributed by atoms with E-state index in [1.165, 1.54) is 0 Å². The van der Waals surface area contributed by atoms with E-state index in [4.69, 9.17) is 17.0 Å². The van der Waals surface area contributed by atoms with Crippen molar-refractivity contribution >= 4 is 58.1 Å². The zero-order valence-electron chi connectivity index (χ0n) is 11.4. The van der Waals surface area contributed by atoms with Crippen molar-refractivity contribution in [1.82, 2.24) is 0 Å². The van der Waals surface area contributed by atoms with Crippen molar-refractivity contribution in [3.8, 4) is 0 Å². The van der Waals surface area contributed by atoms with E-state index in [2.05, 4.69) is 39.1 Å². The maximum absolute atomic E-state index is 9.17. The molecule has 0 aliphatic carbocycles. The molecular formula is C8H17NaO2S4Zn. The van der Waals surface area contributed by atoms with E-state index in [1.807, 2.05) is 13.8 Å². The first-order chi connectivity index (χ1) is 6.25. The Balaban J connectivity index is -0.0000000607. The zero-order valence-corrected chi connectivity index (χ0v) is 18.8. The second kappa shape index (κ2) is 17.2. The first-order valence-corrected chi connectivity index (χ1v) is 6.23. The van der Waals surface area contributed by atoms with Crippen LogP contribution in [0, 0.1) is 0 Å². The van der Waals surface area contributed by atoms with Gasteiger partial charge < -0.3 is 6.16 Å². The largest absolute Gasteiger partial charge is 1.00 e. The molecule has 0 heterocycles. The van der Waals surface area contributed by atoms with E-state index in [1.54, 1.807) is 11.8 Å². The molecule has 0 spiro atoms. The van der Waals surface area contributed by atoms with E-state index >= 15 is 0 Å². The molecule has 0 N–H and O–H groups in total. The molecule has 0 atom stereocenters. The smallest absolute Gasteiger partial charge is 1.00 e. The Hall–Kier alpha value is 2.23. The van der Waals surface area contributed by atoms with Crippen molar-refractivity contribution in [1.29, 1.82) is 0 Å². The van der Waals surface area contributed by atoms with Gasteiger partial charge in [-0.2, -0.15) is 0 Å². The van der Waals surface area contributed by atoms with Crippen molar-refractivity contribution in [2.45, 2.75) is 39.0 Å². The second-order valence-corrected chi connectivity index (χ2v) is 6.21. The third kappa shape index (κ3) is 36.0. The van der Waals surface area contributed by atoms with Gasteiger partial charge in [0.2, 0.25) is 8.83 Å². The number of carbonyl (C=O) groups excluding carboxylic acids is 1. The van der Waals surface area contributed by atoms with E-state index in [9.17, 15) is 4.79 Å². The number of thiocarbonyl (C=S) groups is 1. The second-order valence-electron chi connectivity index (χ2n) is 2.87. The molecule has 88 valence electrons. The van der Waals surface area contributed by atoms with Crippen molar-refractivity contribution < 1.29 is 60.0 Å². The van der Waals surface area contributed by atoms with Gasteiger partial charge >= 0.3 is 29.6 Å². The van der Waals surface area contributed by atoms with Gasteiger partial charge in [-0.05, 0) is 26.1 Å². The maximum atomic E-state index is 9.17. The minimum absolute atomic E-state index is 0. The predicted molar refractivity (Wildman–Crippen MR) is 76.0 cm³/mol. The molecule has 2 nitrogen and oxygen atoms in total. The summed E-state index contributed by atoms with van der Waals surface area (Å²) >= 11 is 12.9. The molecule has 0 fully saturated rings. The average Bonchev–Trinajstić information content (AvgIpc) is 1.79. The quantitative estimate of drug-likeness (QED) is 0.434. The van der Waals surface area contributed by atoms with E-state index < -0.39 is 4.45 Å². The number of thiol groups is 2. The summed E-state index contributed by atoms with van der Waals surface area (Å²) in [5.41, 5.74) is 0. The van der Waals surface area contributed by atoms with Crippen LogP contribution in [-0.4, -0.2) is 20.2 Å². The molecular weight excluding hydrogens is 345 g/mol. The van der Waals surface area contributed by atoms with Gasteiger partial charge in [-0.15, -0.1) is 0 Å². The van der Waals surface area contributed by atoms with Crippen molar-refractivity contribution in [3.63, 3.8) is 0 Å². The molecule has 0 aliphatic rings. The number of carbonyl (C=O) groups is 1. The molecule has 0 saturated heterocycles. The van der Waals surface area contributed by atoms with Gasteiger partial charge in [0.05, 0.1) is 6.10 Å². The number of rotatable bonds is 2. The molecule has 16 heavy (non-hydrogen) atoms. The third-order valence-electron chi connectivity index (χ3n) is 0.664. The SMILES string of the molecule is CC(C)OC(=S)SC(C)C.O=C(S)S.[H-].[Na+].[Zn]. The average molecular weight is 362 g/mol. The molecule has 0 aliphatic heterocycles. The molecule has 0 amide bonds. The number of hydrogen-bond acceptors (Lipinski definition) is 4. The van der Waals surface area contributed by atoms with Crippen LogP contribution in [0.1, 0.15) is 29.1 Å². The fraction of sp³-hybridized carbons (Fsp3) is 0.750. The summed E-state index contributed by atoms with van der Waals surface area (Å²) in [6, 6.07) is 0. The molecule has 0 saturated carbocycles. The van der Waals surface area contributed by atoms with Gasteiger partial charge in [-0.25, -0.2) is 0 Å². The van der Waals surface area contributed by atoms with Crippen LogP contribution in [0.4, 0.5) is 4.79 Å². The van der Waals surface area contributed by atoms with Crippen LogP contribution in [0.3, 0.4) is 0 Å². The normalized spacial score (nSPS) is 8.25.